The molecule has 25 heavy (non-hydrogen) atoms. The Morgan fingerprint density at radius 2 is 1.88 bits per heavy atom. The number of rotatable bonds is 4. The molecule has 0 amide bonds. The quantitative estimate of drug-likeness (QED) is 0.719. The molecule has 1 radical (unpaired) electrons. The molecule has 9 heteroatoms. The molecule has 2 aromatic heterocycles. The fraction of sp³-hybridized carbons (Fsp3) is 0.188. The van der Waals surface area contributed by atoms with Crippen LogP contribution in [0.1, 0.15) is 0 Å². The summed E-state index contributed by atoms with van der Waals surface area (Å²) in [7, 11) is 3.17. The topological polar surface area (TPSA) is 91.4 Å². The molecule has 1 aromatic carbocycles. The van der Waals surface area contributed by atoms with Gasteiger partial charge in [-0.25, -0.2) is 0 Å². The van der Waals surface area contributed by atoms with E-state index in [9.17, 15) is 0 Å². The molecule has 4 rings (SSSR count). The number of hydrogen-bond acceptors (Lipinski definition) is 7. The first-order chi connectivity index (χ1) is 11.8. The zero-order chi connectivity index (χ0) is 16.5. The number of benzene rings is 1. The van der Waals surface area contributed by atoms with Gasteiger partial charge in [-0.2, -0.15) is 15.4 Å². The third-order valence-corrected chi connectivity index (χ3v) is 3.69. The van der Waals surface area contributed by atoms with Gasteiger partial charge in [-0.3, -0.25) is 4.98 Å². The number of aromatic nitrogens is 4. The smallest absolute Gasteiger partial charge is 0.231 e. The van der Waals surface area contributed by atoms with Gasteiger partial charge in [0.15, 0.2) is 11.5 Å². The number of ether oxygens (including phenoxy) is 4. The van der Waals surface area contributed by atoms with Crippen LogP contribution in [0.5, 0.6) is 23.0 Å². The van der Waals surface area contributed by atoms with E-state index in [-0.39, 0.29) is 36.4 Å². The molecule has 8 nitrogen and oxygen atoms in total. The Morgan fingerprint density at radius 1 is 1.04 bits per heavy atom. The Morgan fingerprint density at radius 3 is 2.60 bits per heavy atom. The van der Waals surface area contributed by atoms with E-state index in [1.165, 1.54) is 0 Å². The van der Waals surface area contributed by atoms with Crippen LogP contribution in [-0.4, -0.2) is 71.0 Å². The molecule has 0 spiro atoms. The molecule has 1 aliphatic rings. The van der Waals surface area contributed by atoms with E-state index < -0.39 is 0 Å². The van der Waals surface area contributed by atoms with Gasteiger partial charge in [-0.15, -0.1) is 0 Å². The van der Waals surface area contributed by atoms with Crippen LogP contribution >= 0.6 is 0 Å². The van der Waals surface area contributed by atoms with Crippen LogP contribution in [0.2, 0.25) is 0 Å². The minimum atomic E-state index is 0. The summed E-state index contributed by atoms with van der Waals surface area (Å²) in [5, 5.41) is 11.1. The van der Waals surface area contributed by atoms with Crippen LogP contribution in [-0.2, 0) is 0 Å². The van der Waals surface area contributed by atoms with Gasteiger partial charge < -0.3 is 18.9 Å². The predicted octanol–water partition coefficient (Wildman–Crippen LogP) is 1.90. The van der Waals surface area contributed by atoms with E-state index >= 15 is 0 Å². The first-order valence-electron chi connectivity index (χ1n) is 7.19. The monoisotopic (exact) mass is 349 g/mol. The Kier molecular flexibility index (Phi) is 5.12. The Balaban J connectivity index is 0.00000182. The molecule has 0 atom stereocenters. The van der Waals surface area contributed by atoms with Crippen molar-refractivity contribution in [2.75, 3.05) is 21.0 Å². The molecule has 3 aromatic rings. The molecule has 0 fully saturated rings. The maximum Gasteiger partial charge on any atom is 0.231 e. The van der Waals surface area contributed by atoms with Crippen molar-refractivity contribution in [2.24, 2.45) is 0 Å². The number of nitrogens with one attached hydrogen (secondary N) is 1. The molecule has 123 valence electrons. The summed E-state index contributed by atoms with van der Waals surface area (Å²) < 4.78 is 21.4. The number of nitrogens with zero attached hydrogens (tertiary/aromatic N) is 3. The van der Waals surface area contributed by atoms with Crippen molar-refractivity contribution in [2.45, 2.75) is 0 Å². The van der Waals surface area contributed by atoms with Crippen LogP contribution in [0.25, 0.3) is 22.6 Å². The summed E-state index contributed by atoms with van der Waals surface area (Å²) in [6, 6.07) is 7.32. The van der Waals surface area contributed by atoms with Gasteiger partial charge >= 0.3 is 0 Å². The van der Waals surface area contributed by atoms with E-state index in [1.54, 1.807) is 20.4 Å². The zero-order valence-corrected chi connectivity index (χ0v) is 16.1. The Labute approximate surface area is 165 Å². The summed E-state index contributed by atoms with van der Waals surface area (Å²) in [6.07, 6.45) is 1.63. The average molecular weight is 349 g/mol. The maximum absolute atomic E-state index is 5.46. The van der Waals surface area contributed by atoms with Gasteiger partial charge in [-0.05, 0) is 24.3 Å². The third kappa shape index (κ3) is 3.15. The van der Waals surface area contributed by atoms with Gasteiger partial charge in [0.05, 0.1) is 26.1 Å². The fourth-order valence-corrected chi connectivity index (χ4v) is 2.52. The molecule has 3 heterocycles. The predicted molar refractivity (Wildman–Crippen MR) is 90.0 cm³/mol. The van der Waals surface area contributed by atoms with Crippen LogP contribution in [0.3, 0.4) is 0 Å². The van der Waals surface area contributed by atoms with E-state index in [1.807, 2.05) is 24.3 Å². The Bertz CT molecular complexity index is 882. The van der Waals surface area contributed by atoms with Gasteiger partial charge in [0, 0.05) is 35.1 Å². The van der Waals surface area contributed by atoms with Crippen LogP contribution < -0.4 is 18.9 Å². The molecular weight excluding hydrogens is 335 g/mol. The largest absolute Gasteiger partial charge is 0.495 e. The van der Waals surface area contributed by atoms with E-state index in [2.05, 4.69) is 20.4 Å². The standard InChI is InChI=1S/C16H14N4O4.Na/c1-21-10-3-4-11(17-7-10)15-14(18-20-19-15)9-5-12(22-2)16-13(6-9)23-8-24-16;/h3-7H,8H2,1-2H3,(H,18,19,20);. The van der Waals surface area contributed by atoms with Gasteiger partial charge in [0.25, 0.3) is 0 Å². The summed E-state index contributed by atoms with van der Waals surface area (Å²) in [5.74, 6) is 2.46. The molecule has 1 aliphatic heterocycles. The molecular formula is C16H14N4NaO4. The normalized spacial score (nSPS) is 11.8. The summed E-state index contributed by atoms with van der Waals surface area (Å²) in [6.45, 7) is 0.168. The summed E-state index contributed by atoms with van der Waals surface area (Å²) >= 11 is 0. The van der Waals surface area contributed by atoms with Gasteiger partial charge in [0.1, 0.15) is 17.1 Å². The van der Waals surface area contributed by atoms with Crippen molar-refractivity contribution in [1.82, 2.24) is 20.4 Å². The van der Waals surface area contributed by atoms with Crippen LogP contribution in [0.15, 0.2) is 30.5 Å². The van der Waals surface area contributed by atoms with Gasteiger partial charge in [0.2, 0.25) is 12.5 Å². The SMILES string of the molecule is COc1ccc(-c2n[nH]nc2-c2cc(OC)c3c(c2)OCO3)nc1.[Na]. The molecule has 1 N–H and O–H groups in total. The number of hydrogen-bond donors (Lipinski definition) is 1. The summed E-state index contributed by atoms with van der Waals surface area (Å²) in [4.78, 5) is 4.36. The third-order valence-electron chi connectivity index (χ3n) is 3.69. The Hall–Kier alpha value is -2.29. The minimum Gasteiger partial charge on any atom is -0.495 e. The van der Waals surface area contributed by atoms with Crippen molar-refractivity contribution in [3.05, 3.63) is 30.5 Å². The van der Waals surface area contributed by atoms with E-state index in [0.29, 0.717) is 40.1 Å². The molecule has 0 saturated carbocycles. The average Bonchev–Trinajstić information content (AvgIpc) is 3.29. The van der Waals surface area contributed by atoms with Crippen molar-refractivity contribution in [3.63, 3.8) is 0 Å². The van der Waals surface area contributed by atoms with E-state index in [4.69, 9.17) is 18.9 Å². The zero-order valence-electron chi connectivity index (χ0n) is 14.1. The second kappa shape index (κ2) is 7.30. The number of methoxy groups -OCH3 is 2. The summed E-state index contributed by atoms with van der Waals surface area (Å²) in [5.41, 5.74) is 2.73. The maximum atomic E-state index is 5.46. The van der Waals surface area contributed by atoms with Crippen LogP contribution in [0, 0.1) is 0 Å². The van der Waals surface area contributed by atoms with E-state index in [0.717, 1.165) is 5.56 Å². The van der Waals surface area contributed by atoms with Crippen molar-refractivity contribution < 1.29 is 18.9 Å². The van der Waals surface area contributed by atoms with Gasteiger partial charge in [-0.1, -0.05) is 0 Å². The molecule has 0 aliphatic carbocycles. The first kappa shape index (κ1) is 17.5. The first-order valence-corrected chi connectivity index (χ1v) is 7.19. The second-order valence-corrected chi connectivity index (χ2v) is 5.02. The number of H-pyrrole nitrogens is 1. The molecule has 0 bridgehead atoms. The van der Waals surface area contributed by atoms with Crippen LogP contribution in [0.4, 0.5) is 0 Å². The number of fused-ring (bicyclic) bond motifs is 1. The minimum absolute atomic E-state index is 0. The fourth-order valence-electron chi connectivity index (χ4n) is 2.52. The van der Waals surface area contributed by atoms with Crippen molar-refractivity contribution >= 4 is 29.6 Å². The number of aromatic amines is 1. The molecule has 0 unspecified atom stereocenters. The molecule has 0 saturated heterocycles. The van der Waals surface area contributed by atoms with Crippen molar-refractivity contribution in [1.29, 1.82) is 0 Å². The van der Waals surface area contributed by atoms with Crippen molar-refractivity contribution in [3.8, 4) is 45.6 Å². The number of pyridine rings is 1. The second-order valence-electron chi connectivity index (χ2n) is 5.02.